The first-order valence-corrected chi connectivity index (χ1v) is 4.72. The van der Waals surface area contributed by atoms with Crippen molar-refractivity contribution >= 4 is 23.1 Å². The van der Waals surface area contributed by atoms with Crippen molar-refractivity contribution in [2.45, 2.75) is 0 Å². The van der Waals surface area contributed by atoms with Gasteiger partial charge in [-0.05, 0) is 12.1 Å². The van der Waals surface area contributed by atoms with E-state index in [1.54, 1.807) is 12.4 Å². The summed E-state index contributed by atoms with van der Waals surface area (Å²) < 4.78 is 0. The molecule has 1 heterocycles. The maximum Gasteiger partial charge on any atom is 0.211 e. The van der Waals surface area contributed by atoms with E-state index in [1.807, 2.05) is 30.3 Å². The number of rotatable bonds is 2. The van der Waals surface area contributed by atoms with Crippen LogP contribution in [0.15, 0.2) is 46.7 Å². The summed E-state index contributed by atoms with van der Waals surface area (Å²) in [6.45, 7) is 0. The van der Waals surface area contributed by atoms with Gasteiger partial charge < -0.3 is 11.5 Å². The summed E-state index contributed by atoms with van der Waals surface area (Å²) in [5.74, 6) is -0.0648. The van der Waals surface area contributed by atoms with Gasteiger partial charge in [-0.25, -0.2) is 0 Å². The Balaban J connectivity index is 2.33. The van der Waals surface area contributed by atoms with Crippen molar-refractivity contribution in [3.8, 4) is 0 Å². The summed E-state index contributed by atoms with van der Waals surface area (Å²) in [7, 11) is 0. The van der Waals surface area contributed by atoms with Crippen LogP contribution < -0.4 is 11.5 Å². The second-order valence-corrected chi connectivity index (χ2v) is 3.23. The fourth-order valence-electron chi connectivity index (χ4n) is 1.32. The van der Waals surface area contributed by atoms with Gasteiger partial charge in [0.05, 0.1) is 11.7 Å². The lowest BCUT2D eigenvalue weighted by atomic mass is 10.2. The summed E-state index contributed by atoms with van der Waals surface area (Å²) in [5, 5.41) is 8.29. The SMILES string of the molecule is NC(N)=N/N=C/c1cnc2ccccc2c1. The lowest BCUT2D eigenvalue weighted by Gasteiger charge is -1.96. The zero-order valence-corrected chi connectivity index (χ0v) is 8.54. The summed E-state index contributed by atoms with van der Waals surface area (Å²) >= 11 is 0. The summed E-state index contributed by atoms with van der Waals surface area (Å²) in [4.78, 5) is 4.28. The predicted octanol–water partition coefficient (Wildman–Crippen LogP) is 0.842. The molecule has 1 aromatic heterocycles. The zero-order valence-electron chi connectivity index (χ0n) is 8.54. The van der Waals surface area contributed by atoms with E-state index in [1.165, 1.54) is 0 Å². The number of nitrogens with two attached hydrogens (primary N) is 2. The molecule has 1 aromatic carbocycles. The Hall–Kier alpha value is -2.43. The van der Waals surface area contributed by atoms with Crippen molar-refractivity contribution in [1.82, 2.24) is 4.98 Å². The molecule has 0 aliphatic heterocycles. The monoisotopic (exact) mass is 213 g/mol. The van der Waals surface area contributed by atoms with Crippen LogP contribution in [0.25, 0.3) is 10.9 Å². The van der Waals surface area contributed by atoms with E-state index in [2.05, 4.69) is 15.2 Å². The summed E-state index contributed by atoms with van der Waals surface area (Å²) in [6.07, 6.45) is 3.27. The number of benzene rings is 1. The Morgan fingerprint density at radius 1 is 1.25 bits per heavy atom. The molecule has 80 valence electrons. The maximum absolute atomic E-state index is 5.15. The van der Waals surface area contributed by atoms with E-state index >= 15 is 0 Å². The third-order valence-corrected chi connectivity index (χ3v) is 1.99. The first kappa shape index (κ1) is 10.1. The highest BCUT2D eigenvalue weighted by molar-refractivity contribution is 5.88. The number of para-hydroxylation sites is 1. The maximum atomic E-state index is 5.15. The van der Waals surface area contributed by atoms with E-state index in [9.17, 15) is 0 Å². The molecule has 0 saturated carbocycles. The van der Waals surface area contributed by atoms with Gasteiger partial charge >= 0.3 is 0 Å². The topological polar surface area (TPSA) is 89.7 Å². The molecule has 2 rings (SSSR count). The molecule has 0 aliphatic carbocycles. The van der Waals surface area contributed by atoms with E-state index in [0.717, 1.165) is 16.5 Å². The number of hydrogen-bond donors (Lipinski definition) is 2. The van der Waals surface area contributed by atoms with Crippen molar-refractivity contribution in [2.75, 3.05) is 0 Å². The number of pyridine rings is 1. The number of hydrogen-bond acceptors (Lipinski definition) is 3. The summed E-state index contributed by atoms with van der Waals surface area (Å²) in [6, 6.07) is 9.81. The lowest BCUT2D eigenvalue weighted by molar-refractivity contribution is 1.21. The van der Waals surface area contributed by atoms with Crippen LogP contribution in [0.4, 0.5) is 0 Å². The average molecular weight is 213 g/mol. The highest BCUT2D eigenvalue weighted by atomic mass is 15.3. The molecule has 2 aromatic rings. The van der Waals surface area contributed by atoms with Crippen LogP contribution in [0.1, 0.15) is 5.56 Å². The van der Waals surface area contributed by atoms with Gasteiger partial charge in [-0.1, -0.05) is 18.2 Å². The third kappa shape index (κ3) is 2.33. The van der Waals surface area contributed by atoms with Gasteiger partial charge in [0.25, 0.3) is 0 Å². The quantitative estimate of drug-likeness (QED) is 0.440. The minimum atomic E-state index is -0.0648. The highest BCUT2D eigenvalue weighted by Crippen LogP contribution is 2.11. The van der Waals surface area contributed by atoms with Gasteiger partial charge in [-0.3, -0.25) is 4.98 Å². The molecular formula is C11H11N5. The zero-order chi connectivity index (χ0) is 11.4. The Kier molecular flexibility index (Phi) is 2.77. The van der Waals surface area contributed by atoms with Crippen LogP contribution in [0.3, 0.4) is 0 Å². The molecule has 4 N–H and O–H groups in total. The van der Waals surface area contributed by atoms with Crippen LogP contribution in [-0.2, 0) is 0 Å². The van der Waals surface area contributed by atoms with Gasteiger partial charge in [0.15, 0.2) is 0 Å². The largest absolute Gasteiger partial charge is 0.369 e. The summed E-state index contributed by atoms with van der Waals surface area (Å²) in [5.41, 5.74) is 12.1. The van der Waals surface area contributed by atoms with E-state index in [4.69, 9.17) is 11.5 Å². The van der Waals surface area contributed by atoms with Gasteiger partial charge in [0.1, 0.15) is 0 Å². The lowest BCUT2D eigenvalue weighted by Crippen LogP contribution is -2.21. The average Bonchev–Trinajstić information content (AvgIpc) is 2.28. The molecule has 0 amide bonds. The van der Waals surface area contributed by atoms with Gasteiger partial charge in [-0.15, -0.1) is 5.10 Å². The number of guanidine groups is 1. The van der Waals surface area contributed by atoms with Gasteiger partial charge in [0, 0.05) is 17.1 Å². The molecule has 0 bridgehead atoms. The van der Waals surface area contributed by atoms with E-state index in [0.29, 0.717) is 0 Å². The van der Waals surface area contributed by atoms with Crippen molar-refractivity contribution < 1.29 is 0 Å². The standard InChI is InChI=1S/C11H11N5/c12-11(13)16-15-7-8-5-9-3-1-2-4-10(9)14-6-8/h1-7H,(H4,12,13,16)/b15-7+. The Morgan fingerprint density at radius 3 is 2.88 bits per heavy atom. The molecule has 5 heteroatoms. The molecule has 0 unspecified atom stereocenters. The van der Waals surface area contributed by atoms with Crippen molar-refractivity contribution in [3.05, 3.63) is 42.1 Å². The predicted molar refractivity (Wildman–Crippen MR) is 65.1 cm³/mol. The third-order valence-electron chi connectivity index (χ3n) is 1.99. The Bertz CT molecular complexity index is 555. The first-order valence-electron chi connectivity index (χ1n) is 4.72. The normalized spacial score (nSPS) is 10.8. The van der Waals surface area contributed by atoms with Crippen LogP contribution in [0.5, 0.6) is 0 Å². The van der Waals surface area contributed by atoms with E-state index < -0.39 is 0 Å². The number of nitrogens with zero attached hydrogens (tertiary/aromatic N) is 3. The van der Waals surface area contributed by atoms with Crippen LogP contribution in [0, 0.1) is 0 Å². The molecule has 0 saturated heterocycles. The van der Waals surface area contributed by atoms with Crippen molar-refractivity contribution in [2.24, 2.45) is 21.7 Å². The molecule has 5 nitrogen and oxygen atoms in total. The number of fused-ring (bicyclic) bond motifs is 1. The number of aromatic nitrogens is 1. The molecule has 0 spiro atoms. The Morgan fingerprint density at radius 2 is 2.06 bits per heavy atom. The molecule has 0 atom stereocenters. The van der Waals surface area contributed by atoms with E-state index in [-0.39, 0.29) is 5.96 Å². The second-order valence-electron chi connectivity index (χ2n) is 3.23. The van der Waals surface area contributed by atoms with Gasteiger partial charge in [-0.2, -0.15) is 5.10 Å². The fourth-order valence-corrected chi connectivity index (χ4v) is 1.32. The highest BCUT2D eigenvalue weighted by Gasteiger charge is 1.94. The van der Waals surface area contributed by atoms with Gasteiger partial charge in [0.2, 0.25) is 5.96 Å². The molecule has 0 radical (unpaired) electrons. The fraction of sp³-hybridized carbons (Fsp3) is 0. The van der Waals surface area contributed by atoms with Crippen LogP contribution in [0.2, 0.25) is 0 Å². The second kappa shape index (κ2) is 4.39. The van der Waals surface area contributed by atoms with Crippen LogP contribution >= 0.6 is 0 Å². The van der Waals surface area contributed by atoms with Crippen molar-refractivity contribution in [1.29, 1.82) is 0 Å². The minimum Gasteiger partial charge on any atom is -0.369 e. The van der Waals surface area contributed by atoms with Crippen LogP contribution in [-0.4, -0.2) is 17.2 Å². The molecular weight excluding hydrogens is 202 g/mol. The smallest absolute Gasteiger partial charge is 0.211 e. The molecule has 16 heavy (non-hydrogen) atoms. The first-order chi connectivity index (χ1) is 7.75. The molecule has 0 aliphatic rings. The van der Waals surface area contributed by atoms with Crippen molar-refractivity contribution in [3.63, 3.8) is 0 Å². The minimum absolute atomic E-state index is 0.0648. The Labute approximate surface area is 92.5 Å². The molecule has 0 fully saturated rings.